The summed E-state index contributed by atoms with van der Waals surface area (Å²) in [6.07, 6.45) is 2.62. The molecule has 0 heterocycles. The Balaban J connectivity index is 2.06. The van der Waals surface area contributed by atoms with Gasteiger partial charge in [0.1, 0.15) is 0 Å². The van der Waals surface area contributed by atoms with Crippen molar-refractivity contribution < 1.29 is 23.0 Å². The van der Waals surface area contributed by atoms with E-state index in [2.05, 4.69) is 10.1 Å². The number of amides is 1. The Bertz CT molecular complexity index is 766. The number of methoxy groups -OCH3 is 1. The molecule has 0 bridgehead atoms. The molecule has 0 atom stereocenters. The van der Waals surface area contributed by atoms with Crippen molar-refractivity contribution in [3.63, 3.8) is 0 Å². The largest absolute Gasteiger partial charge is 0.493 e. The quantitative estimate of drug-likeness (QED) is 0.743. The van der Waals surface area contributed by atoms with Gasteiger partial charge in [-0.1, -0.05) is 35.9 Å². The molecule has 0 fully saturated rings. The van der Waals surface area contributed by atoms with Crippen LogP contribution in [-0.2, 0) is 11.3 Å². The molecule has 7 heteroatoms. The van der Waals surface area contributed by atoms with Gasteiger partial charge in [-0.15, -0.1) is 0 Å². The van der Waals surface area contributed by atoms with Crippen LogP contribution in [0.5, 0.6) is 11.5 Å². The molecule has 0 spiro atoms. The van der Waals surface area contributed by atoms with Crippen molar-refractivity contribution in [3.05, 3.63) is 64.7 Å². The fourth-order valence-corrected chi connectivity index (χ4v) is 2.31. The molecular formula is C18H16ClF2NO3. The van der Waals surface area contributed by atoms with Gasteiger partial charge in [-0.2, -0.15) is 8.78 Å². The van der Waals surface area contributed by atoms with Gasteiger partial charge in [0, 0.05) is 23.2 Å². The van der Waals surface area contributed by atoms with E-state index >= 15 is 0 Å². The molecule has 4 nitrogen and oxygen atoms in total. The Morgan fingerprint density at radius 1 is 1.28 bits per heavy atom. The molecule has 2 aromatic carbocycles. The highest BCUT2D eigenvalue weighted by atomic mass is 35.5. The lowest BCUT2D eigenvalue weighted by atomic mass is 10.1. The Morgan fingerprint density at radius 3 is 2.72 bits per heavy atom. The normalized spacial score (nSPS) is 10.9. The second-order valence-electron chi connectivity index (χ2n) is 4.94. The fourth-order valence-electron chi connectivity index (χ4n) is 2.10. The number of halogens is 3. The number of hydrogen-bond acceptors (Lipinski definition) is 3. The summed E-state index contributed by atoms with van der Waals surface area (Å²) in [7, 11) is 1.35. The predicted octanol–water partition coefficient (Wildman–Crippen LogP) is 4.28. The van der Waals surface area contributed by atoms with E-state index in [1.54, 1.807) is 30.3 Å². The van der Waals surface area contributed by atoms with Crippen molar-refractivity contribution in [3.8, 4) is 11.5 Å². The Hall–Kier alpha value is -2.60. The number of alkyl halides is 2. The third-order valence-electron chi connectivity index (χ3n) is 3.21. The van der Waals surface area contributed by atoms with E-state index in [9.17, 15) is 13.6 Å². The highest BCUT2D eigenvalue weighted by molar-refractivity contribution is 6.30. The van der Waals surface area contributed by atoms with Gasteiger partial charge in [-0.3, -0.25) is 4.79 Å². The molecule has 0 aromatic heterocycles. The Labute approximate surface area is 149 Å². The van der Waals surface area contributed by atoms with Gasteiger partial charge in [0.2, 0.25) is 5.91 Å². The van der Waals surface area contributed by atoms with Gasteiger partial charge in [-0.25, -0.2) is 0 Å². The number of para-hydroxylation sites is 1. The van der Waals surface area contributed by atoms with Crippen LogP contribution in [0, 0.1) is 0 Å². The summed E-state index contributed by atoms with van der Waals surface area (Å²) in [4.78, 5) is 11.9. The zero-order chi connectivity index (χ0) is 18.2. The number of ether oxygens (including phenoxy) is 2. The van der Waals surface area contributed by atoms with E-state index in [0.29, 0.717) is 17.1 Å². The van der Waals surface area contributed by atoms with Crippen molar-refractivity contribution in [1.82, 2.24) is 5.32 Å². The first-order chi connectivity index (χ1) is 12.0. The summed E-state index contributed by atoms with van der Waals surface area (Å²) in [5, 5.41) is 3.26. The second-order valence-corrected chi connectivity index (χ2v) is 5.37. The van der Waals surface area contributed by atoms with Crippen LogP contribution in [-0.4, -0.2) is 19.6 Å². The minimum atomic E-state index is -3.00. The van der Waals surface area contributed by atoms with E-state index in [0.717, 1.165) is 5.56 Å². The van der Waals surface area contributed by atoms with E-state index in [-0.39, 0.29) is 17.4 Å². The summed E-state index contributed by atoms with van der Waals surface area (Å²) >= 11 is 5.88. The molecule has 0 saturated heterocycles. The van der Waals surface area contributed by atoms with Crippen molar-refractivity contribution >= 4 is 23.6 Å². The first kappa shape index (κ1) is 18.7. The molecular weight excluding hydrogens is 352 g/mol. The summed E-state index contributed by atoms with van der Waals surface area (Å²) in [5.74, 6) is -0.355. The number of carbonyl (C=O) groups excluding carboxylic acids is 1. The summed E-state index contributed by atoms with van der Waals surface area (Å²) in [6, 6.07) is 11.7. The van der Waals surface area contributed by atoms with Crippen LogP contribution in [0.1, 0.15) is 11.1 Å². The van der Waals surface area contributed by atoms with Crippen LogP contribution in [0.15, 0.2) is 48.5 Å². The molecule has 0 saturated carbocycles. The molecule has 2 rings (SSSR count). The molecule has 25 heavy (non-hydrogen) atoms. The Morgan fingerprint density at radius 2 is 2.04 bits per heavy atom. The number of carbonyl (C=O) groups is 1. The van der Waals surface area contributed by atoms with Crippen LogP contribution in [0.25, 0.3) is 6.08 Å². The van der Waals surface area contributed by atoms with Crippen LogP contribution in [0.2, 0.25) is 5.02 Å². The summed E-state index contributed by atoms with van der Waals surface area (Å²) < 4.78 is 34.6. The zero-order valence-electron chi connectivity index (χ0n) is 13.3. The van der Waals surface area contributed by atoms with E-state index in [4.69, 9.17) is 16.3 Å². The third-order valence-corrected chi connectivity index (χ3v) is 3.44. The molecule has 132 valence electrons. The number of hydrogen-bond donors (Lipinski definition) is 1. The van der Waals surface area contributed by atoms with E-state index in [1.165, 1.54) is 25.3 Å². The highest BCUT2D eigenvalue weighted by Gasteiger charge is 2.13. The van der Waals surface area contributed by atoms with Gasteiger partial charge in [0.05, 0.1) is 7.11 Å². The van der Waals surface area contributed by atoms with Crippen molar-refractivity contribution in [2.24, 2.45) is 0 Å². The summed E-state index contributed by atoms with van der Waals surface area (Å²) in [6.45, 7) is -2.71. The average Bonchev–Trinajstić information content (AvgIpc) is 2.58. The van der Waals surface area contributed by atoms with Crippen molar-refractivity contribution in [1.29, 1.82) is 0 Å². The van der Waals surface area contributed by atoms with Crippen molar-refractivity contribution in [2.45, 2.75) is 13.2 Å². The minimum Gasteiger partial charge on any atom is -0.493 e. The van der Waals surface area contributed by atoms with Crippen LogP contribution in [0.4, 0.5) is 8.78 Å². The van der Waals surface area contributed by atoms with Gasteiger partial charge in [-0.05, 0) is 29.8 Å². The fraction of sp³-hybridized carbons (Fsp3) is 0.167. The smallest absolute Gasteiger partial charge is 0.387 e. The number of rotatable bonds is 7. The molecule has 1 N–H and O–H groups in total. The molecule has 0 aliphatic heterocycles. The third kappa shape index (κ3) is 5.76. The molecule has 2 aromatic rings. The monoisotopic (exact) mass is 367 g/mol. The minimum absolute atomic E-state index is 0.126. The lowest BCUT2D eigenvalue weighted by Crippen LogP contribution is -2.20. The van der Waals surface area contributed by atoms with E-state index < -0.39 is 6.61 Å². The van der Waals surface area contributed by atoms with Gasteiger partial charge < -0.3 is 14.8 Å². The Kier molecular flexibility index (Phi) is 6.77. The standard InChI is InChI=1S/C18H16ClF2NO3/c1-24-15-7-3-5-13(17(15)25-18(20)21)8-9-16(23)22-11-12-4-2-6-14(19)10-12/h2-10,18H,11H2,1H3,(H,22,23)/b9-8+. The van der Waals surface area contributed by atoms with Crippen LogP contribution in [0.3, 0.4) is 0 Å². The maximum Gasteiger partial charge on any atom is 0.387 e. The molecule has 0 unspecified atom stereocenters. The highest BCUT2D eigenvalue weighted by Crippen LogP contribution is 2.33. The lowest BCUT2D eigenvalue weighted by molar-refractivity contribution is -0.116. The zero-order valence-corrected chi connectivity index (χ0v) is 14.1. The van der Waals surface area contributed by atoms with Crippen LogP contribution < -0.4 is 14.8 Å². The SMILES string of the molecule is COc1cccc(/C=C/C(=O)NCc2cccc(Cl)c2)c1OC(F)F. The molecule has 0 aliphatic carbocycles. The average molecular weight is 368 g/mol. The maximum atomic E-state index is 12.6. The van der Waals surface area contributed by atoms with Crippen LogP contribution >= 0.6 is 11.6 Å². The second kappa shape index (κ2) is 9.03. The van der Waals surface area contributed by atoms with Gasteiger partial charge in [0.15, 0.2) is 11.5 Å². The topological polar surface area (TPSA) is 47.6 Å². The predicted molar refractivity (Wildman–Crippen MR) is 92.0 cm³/mol. The molecule has 0 aliphatic rings. The lowest BCUT2D eigenvalue weighted by Gasteiger charge is -2.12. The first-order valence-corrected chi connectivity index (χ1v) is 7.69. The maximum absolute atomic E-state index is 12.6. The van der Waals surface area contributed by atoms with Gasteiger partial charge in [0.25, 0.3) is 0 Å². The number of benzene rings is 2. The molecule has 0 radical (unpaired) electrons. The van der Waals surface area contributed by atoms with Gasteiger partial charge >= 0.3 is 6.61 Å². The summed E-state index contributed by atoms with van der Waals surface area (Å²) in [5.41, 5.74) is 1.15. The first-order valence-electron chi connectivity index (χ1n) is 7.31. The molecule has 1 amide bonds. The number of nitrogens with one attached hydrogen (secondary N) is 1. The van der Waals surface area contributed by atoms with Crippen molar-refractivity contribution in [2.75, 3.05) is 7.11 Å². The van der Waals surface area contributed by atoms with E-state index in [1.807, 2.05) is 6.07 Å².